The third kappa shape index (κ3) is 17.4. The van der Waals surface area contributed by atoms with Gasteiger partial charge in [0, 0.05) is 0 Å². The molecule has 0 spiro atoms. The van der Waals surface area contributed by atoms with E-state index in [2.05, 4.69) is 20.8 Å². The maximum atomic E-state index is 3.82. The Hall–Kier alpha value is 1.25. The van der Waals surface area contributed by atoms with Crippen LogP contribution in [0.4, 0.5) is 0 Å². The zero-order chi connectivity index (χ0) is 7.82. The molecule has 0 aromatic rings. The average Bonchev–Trinajstić information content (AvgIpc) is 1.87. The van der Waals surface area contributed by atoms with Crippen molar-refractivity contribution in [1.29, 1.82) is 0 Å². The summed E-state index contributed by atoms with van der Waals surface area (Å²) in [5, 5.41) is 0. The van der Waals surface area contributed by atoms with Gasteiger partial charge < -0.3 is 23.9 Å². The molecule has 2 heteroatoms. The first-order valence-electron chi connectivity index (χ1n) is 4.56. The number of hydrogen-bond acceptors (Lipinski definition) is 0. The summed E-state index contributed by atoms with van der Waals surface area (Å²) in [6.45, 7) is 8.40. The fraction of sp³-hybridized carbons (Fsp3) is 0.900. The van der Waals surface area contributed by atoms with Crippen molar-refractivity contribution in [2.24, 2.45) is 5.92 Å². The topological polar surface area (TPSA) is 0 Å². The largest absolute Gasteiger partial charge is 2.00 e. The third-order valence-electron chi connectivity index (χ3n) is 1.78. The zero-order valence-corrected chi connectivity index (χ0v) is 11.6. The first-order valence-corrected chi connectivity index (χ1v) is 4.56. The van der Waals surface area contributed by atoms with Crippen molar-refractivity contribution in [3.05, 3.63) is 6.92 Å². The number of hydrogen-bond donors (Lipinski definition) is 0. The fourth-order valence-electron chi connectivity index (χ4n) is 1.08. The Morgan fingerprint density at radius 2 is 1.50 bits per heavy atom. The van der Waals surface area contributed by atoms with Crippen molar-refractivity contribution in [1.82, 2.24) is 0 Å². The number of unbranched alkanes of at least 4 members (excludes halogenated alkanes) is 4. The Bertz CT molecular complexity index is 64.9. The molecule has 0 aromatic carbocycles. The van der Waals surface area contributed by atoms with Crippen LogP contribution in [0.5, 0.6) is 0 Å². The van der Waals surface area contributed by atoms with Crippen molar-refractivity contribution in [2.75, 3.05) is 0 Å². The van der Waals surface area contributed by atoms with E-state index in [1.165, 1.54) is 32.1 Å². The maximum Gasteiger partial charge on any atom is 2.00 e. The van der Waals surface area contributed by atoms with Gasteiger partial charge in [-0.25, -0.2) is 0 Å². The van der Waals surface area contributed by atoms with Gasteiger partial charge in [-0.05, 0) is 5.92 Å². The van der Waals surface area contributed by atoms with Gasteiger partial charge in [0.1, 0.15) is 0 Å². The summed E-state index contributed by atoms with van der Waals surface area (Å²) < 4.78 is 0. The van der Waals surface area contributed by atoms with Crippen LogP contribution in [0.25, 0.3) is 0 Å². The molecule has 70 valence electrons. The second kappa shape index (κ2) is 14.8. The van der Waals surface area contributed by atoms with Gasteiger partial charge in [-0.3, -0.25) is 0 Å². The molecule has 12 heavy (non-hydrogen) atoms. The molecule has 0 aromatic heterocycles. The van der Waals surface area contributed by atoms with E-state index in [-0.39, 0.29) is 40.0 Å². The van der Waals surface area contributed by atoms with E-state index in [4.69, 9.17) is 0 Å². The number of rotatable bonds is 6. The molecular formula is C10H21BrMg. The first-order chi connectivity index (χ1) is 4.77. The minimum absolute atomic E-state index is 0. The normalized spacial score (nSPS) is 9.00. The van der Waals surface area contributed by atoms with Gasteiger partial charge in [-0.2, -0.15) is 6.42 Å². The van der Waals surface area contributed by atoms with Gasteiger partial charge in [0.2, 0.25) is 0 Å². The van der Waals surface area contributed by atoms with E-state index < -0.39 is 0 Å². The van der Waals surface area contributed by atoms with E-state index in [0.717, 1.165) is 12.3 Å². The van der Waals surface area contributed by atoms with Gasteiger partial charge in [0.05, 0.1) is 0 Å². The first kappa shape index (κ1) is 18.9. The molecule has 0 unspecified atom stereocenters. The van der Waals surface area contributed by atoms with Crippen LogP contribution in [-0.4, -0.2) is 23.1 Å². The summed E-state index contributed by atoms with van der Waals surface area (Å²) in [6, 6.07) is 0. The number of halogens is 1. The van der Waals surface area contributed by atoms with Crippen LogP contribution in [0.2, 0.25) is 0 Å². The molecule has 0 saturated carbocycles. The van der Waals surface area contributed by atoms with Crippen LogP contribution >= 0.6 is 0 Å². The molecule has 0 N–H and O–H groups in total. The second-order valence-corrected chi connectivity index (χ2v) is 3.45. The molecule has 0 fully saturated rings. The van der Waals surface area contributed by atoms with Crippen molar-refractivity contribution in [2.45, 2.75) is 52.4 Å². The summed E-state index contributed by atoms with van der Waals surface area (Å²) in [5.74, 6) is 0.889. The van der Waals surface area contributed by atoms with Crippen LogP contribution in [0.15, 0.2) is 0 Å². The molecule has 0 saturated heterocycles. The summed E-state index contributed by atoms with van der Waals surface area (Å²) in [5.41, 5.74) is 0. The Balaban J connectivity index is -0.000000405. The van der Waals surface area contributed by atoms with Gasteiger partial charge in [-0.1, -0.05) is 46.0 Å². The Kier molecular flexibility index (Phi) is 23.3. The Morgan fingerprint density at radius 1 is 1.00 bits per heavy atom. The average molecular weight is 245 g/mol. The maximum absolute atomic E-state index is 3.82. The molecule has 0 aliphatic heterocycles. The Labute approximate surface area is 105 Å². The molecule has 0 radical (unpaired) electrons. The smallest absolute Gasteiger partial charge is 1.00 e. The van der Waals surface area contributed by atoms with E-state index in [0.29, 0.717) is 0 Å². The SMILES string of the molecule is [Br-].[CH2-]CCCCCCC(C)C.[Mg+2]. The minimum Gasteiger partial charge on any atom is -1.00 e. The van der Waals surface area contributed by atoms with Crippen molar-refractivity contribution >= 4 is 23.1 Å². The minimum atomic E-state index is 0. The predicted octanol–water partition coefficient (Wildman–Crippen LogP) is 0.440. The van der Waals surface area contributed by atoms with E-state index in [9.17, 15) is 0 Å². The van der Waals surface area contributed by atoms with Gasteiger partial charge in [-0.15, -0.1) is 0 Å². The van der Waals surface area contributed by atoms with Crippen LogP contribution < -0.4 is 17.0 Å². The second-order valence-electron chi connectivity index (χ2n) is 3.45. The monoisotopic (exact) mass is 244 g/mol. The Morgan fingerprint density at radius 3 is 1.92 bits per heavy atom. The van der Waals surface area contributed by atoms with E-state index >= 15 is 0 Å². The van der Waals surface area contributed by atoms with E-state index in [1.807, 2.05) is 0 Å². The summed E-state index contributed by atoms with van der Waals surface area (Å²) in [4.78, 5) is 0. The molecule has 0 heterocycles. The molecular weight excluding hydrogens is 224 g/mol. The van der Waals surface area contributed by atoms with Crippen molar-refractivity contribution < 1.29 is 17.0 Å². The van der Waals surface area contributed by atoms with E-state index in [1.54, 1.807) is 0 Å². The molecule has 0 atom stereocenters. The summed E-state index contributed by atoms with van der Waals surface area (Å²) >= 11 is 0. The molecule has 0 aliphatic rings. The molecule has 0 nitrogen and oxygen atoms in total. The van der Waals surface area contributed by atoms with Crippen LogP contribution in [-0.2, 0) is 0 Å². The third-order valence-corrected chi connectivity index (χ3v) is 1.78. The van der Waals surface area contributed by atoms with Crippen molar-refractivity contribution in [3.63, 3.8) is 0 Å². The van der Waals surface area contributed by atoms with Gasteiger partial charge >= 0.3 is 23.1 Å². The fourth-order valence-corrected chi connectivity index (χ4v) is 1.08. The van der Waals surface area contributed by atoms with Crippen LogP contribution in [0, 0.1) is 12.8 Å². The van der Waals surface area contributed by atoms with Crippen molar-refractivity contribution in [3.8, 4) is 0 Å². The van der Waals surface area contributed by atoms with Gasteiger partial charge in [0.25, 0.3) is 0 Å². The molecule has 0 amide bonds. The standard InChI is InChI=1S/C10H21.BrH.Mg/c1-4-5-6-7-8-9-10(2)3;;/h10H,1,4-9H2,2-3H3;1H;/q-1;;+2/p-1. The van der Waals surface area contributed by atoms with Crippen LogP contribution in [0.1, 0.15) is 52.4 Å². The van der Waals surface area contributed by atoms with Crippen LogP contribution in [0.3, 0.4) is 0 Å². The summed E-state index contributed by atoms with van der Waals surface area (Å²) in [7, 11) is 0. The summed E-state index contributed by atoms with van der Waals surface area (Å²) in [6.07, 6.45) is 8.04. The molecule has 0 bridgehead atoms. The van der Waals surface area contributed by atoms with Gasteiger partial charge in [0.15, 0.2) is 0 Å². The predicted molar refractivity (Wildman–Crippen MR) is 53.7 cm³/mol. The quantitative estimate of drug-likeness (QED) is 0.362. The molecule has 0 aliphatic carbocycles. The molecule has 0 rings (SSSR count). The zero-order valence-electron chi connectivity index (χ0n) is 8.61.